The molecule has 1 amide bonds. The van der Waals surface area contributed by atoms with Crippen molar-refractivity contribution in [2.75, 3.05) is 12.0 Å². The number of nitrogens with one attached hydrogen (secondary N) is 2. The summed E-state index contributed by atoms with van der Waals surface area (Å²) >= 11 is 1.66. The molecule has 0 aliphatic rings. The van der Waals surface area contributed by atoms with Crippen LogP contribution in [-0.2, 0) is 0 Å². The highest BCUT2D eigenvalue weighted by atomic mass is 32.2. The quantitative estimate of drug-likeness (QED) is 0.319. The molecule has 11 heteroatoms. The van der Waals surface area contributed by atoms with Crippen molar-refractivity contribution in [3.63, 3.8) is 0 Å². The first-order chi connectivity index (χ1) is 15.1. The summed E-state index contributed by atoms with van der Waals surface area (Å²) in [6.07, 6.45) is 5.30. The fraction of sp³-hybridized carbons (Fsp3) is 0.200. The molecule has 31 heavy (non-hydrogen) atoms. The Morgan fingerprint density at radius 1 is 1.32 bits per heavy atom. The van der Waals surface area contributed by atoms with Crippen molar-refractivity contribution in [3.05, 3.63) is 76.6 Å². The average molecular weight is 437 g/mol. The van der Waals surface area contributed by atoms with E-state index in [1.54, 1.807) is 11.8 Å². The number of thioether (sulfide) groups is 1. The summed E-state index contributed by atoms with van der Waals surface area (Å²) in [6.45, 7) is 0. The number of amides is 1. The molecule has 0 aliphatic carbocycles. The van der Waals surface area contributed by atoms with E-state index in [-0.39, 0.29) is 23.0 Å². The Balaban J connectivity index is 1.62. The molecule has 4 rings (SSSR count). The summed E-state index contributed by atoms with van der Waals surface area (Å²) in [5, 5.41) is 18.5. The molecule has 2 N–H and O–H groups in total. The van der Waals surface area contributed by atoms with E-state index in [0.717, 1.165) is 16.8 Å². The van der Waals surface area contributed by atoms with Crippen LogP contribution in [-0.4, -0.2) is 47.6 Å². The third-order valence-corrected chi connectivity index (χ3v) is 5.40. The summed E-state index contributed by atoms with van der Waals surface area (Å²) in [6, 6.07) is 11.5. The standard InChI is InChI=1S/C20H19N7O3S/c1-31-9-8-16(19-23-14-4-2-3-5-15(14)24-19)25-20(28)13-6-7-17(18(10-13)27(29)30)26-12-21-11-22-26/h2-7,10-12,16H,8-9H2,1H3,(H,23,24)(H,25,28). The van der Waals surface area contributed by atoms with Crippen LogP contribution in [0.15, 0.2) is 55.1 Å². The average Bonchev–Trinajstić information content (AvgIpc) is 3.46. The van der Waals surface area contributed by atoms with E-state index >= 15 is 0 Å². The van der Waals surface area contributed by atoms with Crippen LogP contribution < -0.4 is 5.32 Å². The highest BCUT2D eigenvalue weighted by Gasteiger charge is 2.23. The van der Waals surface area contributed by atoms with Gasteiger partial charge in [0, 0.05) is 11.6 Å². The molecule has 2 heterocycles. The van der Waals surface area contributed by atoms with Crippen LogP contribution in [0.5, 0.6) is 0 Å². The maximum Gasteiger partial charge on any atom is 0.295 e. The number of para-hydroxylation sites is 2. The molecule has 4 aromatic rings. The van der Waals surface area contributed by atoms with Crippen molar-refractivity contribution in [2.24, 2.45) is 0 Å². The molecule has 0 aliphatic heterocycles. The normalized spacial score (nSPS) is 12.0. The van der Waals surface area contributed by atoms with E-state index < -0.39 is 10.8 Å². The number of carbonyl (C=O) groups excluding carboxylic acids is 1. The zero-order chi connectivity index (χ0) is 21.8. The van der Waals surface area contributed by atoms with Gasteiger partial charge in [-0.05, 0) is 42.7 Å². The second-order valence-corrected chi connectivity index (χ2v) is 7.73. The molecular weight excluding hydrogens is 418 g/mol. The van der Waals surface area contributed by atoms with Crippen LogP contribution in [0.3, 0.4) is 0 Å². The number of imidazole rings is 1. The Bertz CT molecular complexity index is 1190. The van der Waals surface area contributed by atoms with Gasteiger partial charge in [0.15, 0.2) is 0 Å². The lowest BCUT2D eigenvalue weighted by molar-refractivity contribution is -0.384. The van der Waals surface area contributed by atoms with Gasteiger partial charge >= 0.3 is 0 Å². The summed E-state index contributed by atoms with van der Waals surface area (Å²) in [7, 11) is 0. The number of benzene rings is 2. The molecule has 0 bridgehead atoms. The number of H-pyrrole nitrogens is 1. The molecule has 0 saturated heterocycles. The third-order valence-electron chi connectivity index (χ3n) is 4.75. The molecular formula is C20H19N7O3S. The summed E-state index contributed by atoms with van der Waals surface area (Å²) in [5.74, 6) is 1.05. The number of hydrogen-bond acceptors (Lipinski definition) is 7. The van der Waals surface area contributed by atoms with Gasteiger partial charge < -0.3 is 10.3 Å². The van der Waals surface area contributed by atoms with Gasteiger partial charge in [-0.3, -0.25) is 14.9 Å². The number of rotatable bonds is 8. The SMILES string of the molecule is CSCCC(NC(=O)c1ccc(-n2cncn2)c([N+](=O)[O-])c1)c1nc2ccccc2[nH]1. The van der Waals surface area contributed by atoms with E-state index in [0.29, 0.717) is 12.2 Å². The lowest BCUT2D eigenvalue weighted by atomic mass is 10.1. The van der Waals surface area contributed by atoms with Gasteiger partial charge in [0.05, 0.1) is 22.0 Å². The Morgan fingerprint density at radius 2 is 2.16 bits per heavy atom. The van der Waals surface area contributed by atoms with Gasteiger partial charge in [-0.25, -0.2) is 14.6 Å². The van der Waals surface area contributed by atoms with Crippen LogP contribution in [0.1, 0.15) is 28.6 Å². The number of fused-ring (bicyclic) bond motifs is 1. The second kappa shape index (κ2) is 8.96. The fourth-order valence-electron chi connectivity index (χ4n) is 3.23. The molecule has 1 unspecified atom stereocenters. The minimum Gasteiger partial charge on any atom is -0.342 e. The number of nitro benzene ring substituents is 1. The van der Waals surface area contributed by atoms with Crippen LogP contribution in [0.25, 0.3) is 16.7 Å². The largest absolute Gasteiger partial charge is 0.342 e. The van der Waals surface area contributed by atoms with Crippen LogP contribution in [0, 0.1) is 10.1 Å². The molecule has 1 atom stereocenters. The van der Waals surface area contributed by atoms with Gasteiger partial charge in [-0.1, -0.05) is 12.1 Å². The predicted octanol–water partition coefficient (Wildman–Crippen LogP) is 3.28. The molecule has 10 nitrogen and oxygen atoms in total. The number of nitrogens with zero attached hydrogens (tertiary/aromatic N) is 5. The van der Waals surface area contributed by atoms with Crippen LogP contribution in [0.4, 0.5) is 5.69 Å². The monoisotopic (exact) mass is 437 g/mol. The van der Waals surface area contributed by atoms with E-state index in [9.17, 15) is 14.9 Å². The molecule has 0 fully saturated rings. The molecule has 0 radical (unpaired) electrons. The fourth-order valence-corrected chi connectivity index (χ4v) is 3.70. The highest BCUT2D eigenvalue weighted by Crippen LogP contribution is 2.25. The lowest BCUT2D eigenvalue weighted by Gasteiger charge is -2.16. The van der Waals surface area contributed by atoms with Gasteiger partial charge in [-0.15, -0.1) is 0 Å². The number of hydrogen-bond donors (Lipinski definition) is 2. The van der Waals surface area contributed by atoms with Crippen molar-refractivity contribution in [3.8, 4) is 5.69 Å². The first-order valence-electron chi connectivity index (χ1n) is 9.44. The van der Waals surface area contributed by atoms with Crippen molar-refractivity contribution in [2.45, 2.75) is 12.5 Å². The first kappa shape index (κ1) is 20.5. The zero-order valence-electron chi connectivity index (χ0n) is 16.6. The van der Waals surface area contributed by atoms with Gasteiger partial charge in [0.1, 0.15) is 24.2 Å². The minimum atomic E-state index is -0.543. The minimum absolute atomic E-state index is 0.181. The van der Waals surface area contributed by atoms with E-state index in [1.807, 2.05) is 30.5 Å². The lowest BCUT2D eigenvalue weighted by Crippen LogP contribution is -2.30. The van der Waals surface area contributed by atoms with Crippen molar-refractivity contribution in [1.82, 2.24) is 30.0 Å². The summed E-state index contributed by atoms with van der Waals surface area (Å²) in [4.78, 5) is 35.7. The topological polar surface area (TPSA) is 132 Å². The number of nitro groups is 1. The van der Waals surface area contributed by atoms with E-state index in [2.05, 4.69) is 25.4 Å². The Labute approximate surface area is 181 Å². The van der Waals surface area contributed by atoms with Gasteiger partial charge in [0.2, 0.25) is 0 Å². The zero-order valence-corrected chi connectivity index (χ0v) is 17.4. The maximum absolute atomic E-state index is 13.0. The van der Waals surface area contributed by atoms with E-state index in [1.165, 1.54) is 35.5 Å². The molecule has 2 aromatic carbocycles. The maximum atomic E-state index is 13.0. The Morgan fingerprint density at radius 3 is 2.87 bits per heavy atom. The molecule has 0 spiro atoms. The highest BCUT2D eigenvalue weighted by molar-refractivity contribution is 7.98. The second-order valence-electron chi connectivity index (χ2n) is 6.75. The number of aromatic amines is 1. The molecule has 0 saturated carbocycles. The third kappa shape index (κ3) is 4.40. The molecule has 2 aromatic heterocycles. The van der Waals surface area contributed by atoms with Crippen molar-refractivity contribution >= 4 is 34.4 Å². The van der Waals surface area contributed by atoms with Crippen LogP contribution >= 0.6 is 11.8 Å². The smallest absolute Gasteiger partial charge is 0.295 e. The van der Waals surface area contributed by atoms with Crippen molar-refractivity contribution < 1.29 is 9.72 Å². The summed E-state index contributed by atoms with van der Waals surface area (Å²) in [5.41, 5.74) is 1.88. The van der Waals surface area contributed by atoms with Gasteiger partial charge in [0.25, 0.3) is 11.6 Å². The Hall–Kier alpha value is -3.73. The first-order valence-corrected chi connectivity index (χ1v) is 10.8. The Kier molecular flexibility index (Phi) is 5.94. The number of carbonyl (C=O) groups is 1. The molecule has 158 valence electrons. The van der Waals surface area contributed by atoms with Gasteiger partial charge in [-0.2, -0.15) is 16.9 Å². The van der Waals surface area contributed by atoms with Crippen LogP contribution in [0.2, 0.25) is 0 Å². The predicted molar refractivity (Wildman–Crippen MR) is 117 cm³/mol. The van der Waals surface area contributed by atoms with E-state index in [4.69, 9.17) is 0 Å². The van der Waals surface area contributed by atoms with Crippen molar-refractivity contribution in [1.29, 1.82) is 0 Å². The number of aromatic nitrogens is 5. The summed E-state index contributed by atoms with van der Waals surface area (Å²) < 4.78 is 1.29.